The Morgan fingerprint density at radius 1 is 1.13 bits per heavy atom. The zero-order valence-corrected chi connectivity index (χ0v) is 21.4. The minimum Gasteiger partial charge on any atom is -0.410 e. The molecule has 2 aromatic heterocycles. The van der Waals surface area contributed by atoms with Crippen LogP contribution in [0.25, 0.3) is 11.2 Å². The normalized spacial score (nSPS) is 24.2. The van der Waals surface area contributed by atoms with Gasteiger partial charge in [0.2, 0.25) is 5.91 Å². The smallest absolute Gasteiger partial charge is 0.410 e. The van der Waals surface area contributed by atoms with Crippen molar-refractivity contribution in [3.8, 4) is 5.75 Å². The van der Waals surface area contributed by atoms with E-state index in [-0.39, 0.29) is 17.4 Å². The van der Waals surface area contributed by atoms with Gasteiger partial charge in [-0.3, -0.25) is 9.36 Å². The predicted octanol–water partition coefficient (Wildman–Crippen LogP) is 1.27. The Hall–Kier alpha value is -3.23. The highest BCUT2D eigenvalue weighted by atomic mass is 35.5. The molecule has 0 saturated carbocycles. The van der Waals surface area contributed by atoms with Gasteiger partial charge >= 0.3 is 6.09 Å². The number of nitrogens with two attached hydrogens (primary N) is 2. The van der Waals surface area contributed by atoms with Gasteiger partial charge in [-0.25, -0.2) is 19.7 Å². The number of nitrogens with zero attached hydrogens (tertiary/aromatic N) is 5. The number of ether oxygens (including phenoxy) is 2. The van der Waals surface area contributed by atoms with Crippen molar-refractivity contribution in [3.05, 3.63) is 40.4 Å². The van der Waals surface area contributed by atoms with Gasteiger partial charge in [-0.15, -0.1) is 0 Å². The Kier molecular flexibility index (Phi) is 7.29. The minimum atomic E-state index is -1.50. The zero-order valence-electron chi connectivity index (χ0n) is 19.9. The number of amides is 2. The molecule has 0 aliphatic carbocycles. The number of aliphatic hydroxyl groups is 2. The van der Waals surface area contributed by atoms with Gasteiger partial charge in [-0.1, -0.05) is 23.2 Å². The molecule has 0 radical (unpaired) electrons. The maximum atomic E-state index is 12.6. The Morgan fingerprint density at radius 2 is 1.87 bits per heavy atom. The Balaban J connectivity index is 1.25. The van der Waals surface area contributed by atoms with Gasteiger partial charge in [-0.05, 0) is 30.9 Å². The number of likely N-dealkylation sites (tertiary alicyclic amines) is 1. The van der Waals surface area contributed by atoms with E-state index in [9.17, 15) is 19.8 Å². The van der Waals surface area contributed by atoms with Crippen molar-refractivity contribution in [2.75, 3.05) is 18.8 Å². The second kappa shape index (κ2) is 10.5. The molecule has 2 unspecified atom stereocenters. The molecule has 2 aliphatic heterocycles. The number of piperidine rings is 1. The number of aliphatic hydroxyl groups excluding tert-OH is 2. The topological polar surface area (TPSA) is 192 Å². The van der Waals surface area contributed by atoms with Crippen molar-refractivity contribution in [3.63, 3.8) is 0 Å². The summed E-state index contributed by atoms with van der Waals surface area (Å²) in [5, 5.41) is 21.2. The second-order valence-corrected chi connectivity index (χ2v) is 10.1. The quantitative estimate of drug-likeness (QED) is 0.350. The van der Waals surface area contributed by atoms with E-state index in [0.717, 1.165) is 0 Å². The van der Waals surface area contributed by atoms with Gasteiger partial charge in [0, 0.05) is 25.6 Å². The SMILES string of the molecule is NC(=O)[C@H]1O[C@@H](n2cnc3c(N)nc(CC4CCN(C(=O)Oc5ccc(Cl)c(Cl)c5)CC4)nc32)C(O)C1O. The van der Waals surface area contributed by atoms with E-state index in [1.807, 2.05) is 0 Å². The van der Waals surface area contributed by atoms with Crippen LogP contribution in [0.3, 0.4) is 0 Å². The first-order chi connectivity index (χ1) is 18.1. The summed E-state index contributed by atoms with van der Waals surface area (Å²) in [4.78, 5) is 38.9. The van der Waals surface area contributed by atoms with Crippen molar-refractivity contribution in [2.24, 2.45) is 11.7 Å². The molecule has 5 rings (SSSR count). The van der Waals surface area contributed by atoms with Gasteiger partial charge in [0.15, 0.2) is 23.8 Å². The highest BCUT2D eigenvalue weighted by Gasteiger charge is 2.47. The molecule has 13 nitrogen and oxygen atoms in total. The average molecular weight is 566 g/mol. The number of anilines is 1. The highest BCUT2D eigenvalue weighted by molar-refractivity contribution is 6.42. The number of hydrogen-bond acceptors (Lipinski definition) is 10. The van der Waals surface area contributed by atoms with Crippen LogP contribution < -0.4 is 16.2 Å². The Bertz CT molecular complexity index is 1380. The molecule has 6 N–H and O–H groups in total. The fraction of sp³-hybridized carbons (Fsp3) is 0.435. The summed E-state index contributed by atoms with van der Waals surface area (Å²) in [5.74, 6) is 0.183. The number of benzene rings is 1. The monoisotopic (exact) mass is 565 g/mol. The van der Waals surface area contributed by atoms with E-state index in [2.05, 4.69) is 15.0 Å². The Morgan fingerprint density at radius 3 is 2.53 bits per heavy atom. The second-order valence-electron chi connectivity index (χ2n) is 9.26. The summed E-state index contributed by atoms with van der Waals surface area (Å²) in [5.41, 5.74) is 12.0. The molecule has 0 bridgehead atoms. The lowest BCUT2D eigenvalue weighted by Crippen LogP contribution is -2.40. The van der Waals surface area contributed by atoms with Crippen LogP contribution in [0.4, 0.5) is 10.6 Å². The van der Waals surface area contributed by atoms with Crippen molar-refractivity contribution >= 4 is 52.2 Å². The van der Waals surface area contributed by atoms with Crippen LogP contribution in [0.2, 0.25) is 10.0 Å². The molecule has 0 spiro atoms. The molecule has 2 fully saturated rings. The largest absolute Gasteiger partial charge is 0.415 e. The van der Waals surface area contributed by atoms with Crippen LogP contribution in [0, 0.1) is 5.92 Å². The van der Waals surface area contributed by atoms with E-state index in [0.29, 0.717) is 59.5 Å². The lowest BCUT2D eigenvalue weighted by molar-refractivity contribution is -0.134. The van der Waals surface area contributed by atoms with Crippen LogP contribution >= 0.6 is 23.2 Å². The summed E-state index contributed by atoms with van der Waals surface area (Å²) in [6, 6.07) is 4.62. The van der Waals surface area contributed by atoms with Crippen molar-refractivity contribution in [2.45, 2.75) is 43.8 Å². The molecule has 2 amide bonds. The van der Waals surface area contributed by atoms with Gasteiger partial charge in [0.1, 0.15) is 29.3 Å². The summed E-state index contributed by atoms with van der Waals surface area (Å²) in [6.45, 7) is 0.962. The summed E-state index contributed by atoms with van der Waals surface area (Å²) in [7, 11) is 0. The molecule has 2 saturated heterocycles. The lowest BCUT2D eigenvalue weighted by Gasteiger charge is -2.31. The van der Waals surface area contributed by atoms with Gasteiger partial charge in [0.25, 0.3) is 0 Å². The third kappa shape index (κ3) is 5.07. The van der Waals surface area contributed by atoms with E-state index in [1.54, 1.807) is 17.0 Å². The highest BCUT2D eigenvalue weighted by Crippen LogP contribution is 2.33. The number of carbonyl (C=O) groups is 2. The standard InChI is InChI=1S/C23H25Cl2N7O6/c24-12-2-1-11(8-13(12)25)37-23(36)31-5-3-10(4-6-31)7-14-29-19(26)15-21(30-14)32(9-28-15)22-17(34)16(33)18(38-22)20(27)35/h1-2,8-10,16-18,22,33-34H,3-7H2,(H2,27,35)(H2,26,29,30)/t16?,17?,18-,22+/m0/s1. The molecular formula is C23H25Cl2N7O6. The third-order valence-electron chi connectivity index (χ3n) is 6.73. The predicted molar refractivity (Wildman–Crippen MR) is 135 cm³/mol. The van der Waals surface area contributed by atoms with E-state index in [4.69, 9.17) is 44.1 Å². The molecule has 3 aromatic rings. The fourth-order valence-electron chi connectivity index (χ4n) is 4.67. The number of halogens is 2. The number of aromatic nitrogens is 4. The first-order valence-corrected chi connectivity index (χ1v) is 12.6. The maximum Gasteiger partial charge on any atom is 0.415 e. The maximum absolute atomic E-state index is 12.6. The van der Waals surface area contributed by atoms with Gasteiger partial charge < -0.3 is 36.1 Å². The van der Waals surface area contributed by atoms with Crippen molar-refractivity contribution in [1.29, 1.82) is 0 Å². The van der Waals surface area contributed by atoms with E-state index in [1.165, 1.54) is 17.0 Å². The minimum absolute atomic E-state index is 0.144. The summed E-state index contributed by atoms with van der Waals surface area (Å²) in [6.07, 6.45) is -2.71. The fourth-order valence-corrected chi connectivity index (χ4v) is 4.96. The molecule has 38 heavy (non-hydrogen) atoms. The zero-order chi connectivity index (χ0) is 27.1. The summed E-state index contributed by atoms with van der Waals surface area (Å²) >= 11 is 11.9. The molecule has 4 heterocycles. The molecule has 1 aromatic carbocycles. The summed E-state index contributed by atoms with van der Waals surface area (Å²) < 4.78 is 12.3. The molecule has 2 aliphatic rings. The number of primary amides is 1. The average Bonchev–Trinajstić information content (AvgIpc) is 3.43. The van der Waals surface area contributed by atoms with Crippen LogP contribution in [-0.2, 0) is 16.0 Å². The van der Waals surface area contributed by atoms with Crippen LogP contribution in [0.5, 0.6) is 5.75 Å². The number of imidazole rings is 1. The first kappa shape index (κ1) is 26.4. The molecular weight excluding hydrogens is 541 g/mol. The van der Waals surface area contributed by atoms with Gasteiger partial charge in [-0.2, -0.15) is 0 Å². The van der Waals surface area contributed by atoms with Crippen LogP contribution in [0.1, 0.15) is 24.9 Å². The number of rotatable bonds is 5. The number of hydrogen-bond donors (Lipinski definition) is 4. The van der Waals surface area contributed by atoms with Crippen LogP contribution in [-0.4, -0.2) is 78.0 Å². The third-order valence-corrected chi connectivity index (χ3v) is 7.47. The molecule has 15 heteroatoms. The van der Waals surface area contributed by atoms with Crippen molar-refractivity contribution < 1.29 is 29.3 Å². The number of carbonyl (C=O) groups excluding carboxylic acids is 2. The molecule has 4 atom stereocenters. The molecule has 202 valence electrons. The van der Waals surface area contributed by atoms with E-state index < -0.39 is 36.5 Å². The lowest BCUT2D eigenvalue weighted by atomic mass is 9.93. The first-order valence-electron chi connectivity index (χ1n) is 11.8. The Labute approximate surface area is 226 Å². The van der Waals surface area contributed by atoms with E-state index >= 15 is 0 Å². The van der Waals surface area contributed by atoms with Crippen LogP contribution in [0.15, 0.2) is 24.5 Å². The number of nitrogen functional groups attached to an aromatic ring is 1. The number of fused-ring (bicyclic) bond motifs is 1. The van der Waals surface area contributed by atoms with Crippen molar-refractivity contribution in [1.82, 2.24) is 24.4 Å². The van der Waals surface area contributed by atoms with Gasteiger partial charge in [0.05, 0.1) is 16.4 Å².